The Morgan fingerprint density at radius 2 is 1.90 bits per heavy atom. The van der Waals surface area contributed by atoms with Crippen molar-refractivity contribution in [1.29, 1.82) is 0 Å². The standard InChI is InChI=1S/C16H20N4S/c1-17-6-8-18(9-7-17)15-3-2-14-4-5-20(16(14)12-15)19-10-11-21-13-19/h2-5,10-12H,6-9,13H2,1H3. The van der Waals surface area contributed by atoms with E-state index in [1.54, 1.807) is 0 Å². The van der Waals surface area contributed by atoms with Gasteiger partial charge in [0, 0.05) is 49.6 Å². The van der Waals surface area contributed by atoms with Gasteiger partial charge < -0.3 is 9.80 Å². The Balaban J connectivity index is 1.68. The summed E-state index contributed by atoms with van der Waals surface area (Å²) in [6, 6.07) is 9.02. The average molecular weight is 300 g/mol. The van der Waals surface area contributed by atoms with Gasteiger partial charge in [0.15, 0.2) is 0 Å². The van der Waals surface area contributed by atoms with Crippen molar-refractivity contribution >= 4 is 28.4 Å². The maximum atomic E-state index is 2.49. The number of piperazine rings is 1. The molecule has 0 unspecified atom stereocenters. The van der Waals surface area contributed by atoms with Crippen LogP contribution in [0.1, 0.15) is 0 Å². The van der Waals surface area contributed by atoms with Gasteiger partial charge in [0.2, 0.25) is 0 Å². The third kappa shape index (κ3) is 2.40. The minimum atomic E-state index is 0.989. The minimum Gasteiger partial charge on any atom is -0.369 e. The molecule has 2 aliphatic rings. The number of thioether (sulfide) groups is 1. The third-order valence-corrected chi connectivity index (χ3v) is 5.07. The maximum absolute atomic E-state index is 2.49. The molecular formula is C16H20N4S. The summed E-state index contributed by atoms with van der Waals surface area (Å²) < 4.78 is 2.26. The molecule has 2 aliphatic heterocycles. The summed E-state index contributed by atoms with van der Waals surface area (Å²) in [5.74, 6) is 0.989. The van der Waals surface area contributed by atoms with E-state index < -0.39 is 0 Å². The predicted molar refractivity (Wildman–Crippen MR) is 91.5 cm³/mol. The molecule has 110 valence electrons. The van der Waals surface area contributed by atoms with Gasteiger partial charge in [-0.3, -0.25) is 9.69 Å². The quantitative estimate of drug-likeness (QED) is 0.846. The smallest absolute Gasteiger partial charge is 0.0888 e. The summed E-state index contributed by atoms with van der Waals surface area (Å²) in [5, 5.41) is 5.70. The van der Waals surface area contributed by atoms with Gasteiger partial charge in [-0.15, -0.1) is 11.8 Å². The van der Waals surface area contributed by atoms with E-state index in [-0.39, 0.29) is 0 Å². The van der Waals surface area contributed by atoms with Crippen molar-refractivity contribution < 1.29 is 0 Å². The lowest BCUT2D eigenvalue weighted by Gasteiger charge is -2.34. The van der Waals surface area contributed by atoms with E-state index >= 15 is 0 Å². The molecule has 3 heterocycles. The second-order valence-electron chi connectivity index (χ2n) is 5.71. The molecule has 1 aromatic carbocycles. The van der Waals surface area contributed by atoms with E-state index in [4.69, 9.17) is 0 Å². The van der Waals surface area contributed by atoms with Gasteiger partial charge >= 0.3 is 0 Å². The molecule has 0 bridgehead atoms. The summed E-state index contributed by atoms with van der Waals surface area (Å²) in [7, 11) is 2.20. The van der Waals surface area contributed by atoms with Crippen molar-refractivity contribution in [1.82, 2.24) is 9.58 Å². The van der Waals surface area contributed by atoms with Gasteiger partial charge in [0.25, 0.3) is 0 Å². The fourth-order valence-electron chi connectivity index (χ4n) is 3.00. The Bertz CT molecular complexity index is 670. The monoisotopic (exact) mass is 300 g/mol. The Hall–Kier alpha value is -1.59. The van der Waals surface area contributed by atoms with Crippen LogP contribution in [0.5, 0.6) is 0 Å². The molecule has 4 nitrogen and oxygen atoms in total. The van der Waals surface area contributed by atoms with E-state index in [1.807, 2.05) is 11.8 Å². The fraction of sp³-hybridized carbons (Fsp3) is 0.375. The van der Waals surface area contributed by atoms with Gasteiger partial charge in [-0.2, -0.15) is 0 Å². The number of nitrogens with zero attached hydrogens (tertiary/aromatic N) is 4. The molecule has 2 aromatic rings. The van der Waals surface area contributed by atoms with Crippen LogP contribution < -0.4 is 9.91 Å². The van der Waals surface area contributed by atoms with E-state index in [1.165, 1.54) is 16.6 Å². The highest BCUT2D eigenvalue weighted by atomic mass is 32.2. The summed E-state index contributed by atoms with van der Waals surface area (Å²) in [5.41, 5.74) is 2.63. The van der Waals surface area contributed by atoms with E-state index in [0.29, 0.717) is 0 Å². The van der Waals surface area contributed by atoms with Crippen LogP contribution in [0, 0.1) is 0 Å². The number of hydrogen-bond acceptors (Lipinski definition) is 4. The van der Waals surface area contributed by atoms with E-state index in [0.717, 1.165) is 32.1 Å². The third-order valence-electron chi connectivity index (χ3n) is 4.34. The molecule has 0 aliphatic carbocycles. The first kappa shape index (κ1) is 13.1. The lowest BCUT2D eigenvalue weighted by molar-refractivity contribution is 0.313. The maximum Gasteiger partial charge on any atom is 0.0888 e. The molecule has 0 N–H and O–H groups in total. The lowest BCUT2D eigenvalue weighted by Crippen LogP contribution is -2.44. The molecule has 0 radical (unpaired) electrons. The van der Waals surface area contributed by atoms with Crippen LogP contribution in [0.25, 0.3) is 10.9 Å². The van der Waals surface area contributed by atoms with Gasteiger partial charge in [0.05, 0.1) is 11.4 Å². The first-order valence-electron chi connectivity index (χ1n) is 7.41. The zero-order valence-corrected chi connectivity index (χ0v) is 13.1. The van der Waals surface area contributed by atoms with Crippen molar-refractivity contribution in [3.05, 3.63) is 42.1 Å². The zero-order chi connectivity index (χ0) is 14.2. The molecule has 0 spiro atoms. The van der Waals surface area contributed by atoms with E-state index in [9.17, 15) is 0 Å². The highest BCUT2D eigenvalue weighted by Gasteiger charge is 2.16. The molecule has 1 aromatic heterocycles. The van der Waals surface area contributed by atoms with Crippen molar-refractivity contribution in [2.24, 2.45) is 0 Å². The molecule has 1 saturated heterocycles. The fourth-order valence-corrected chi connectivity index (χ4v) is 3.67. The normalized spacial score (nSPS) is 19.9. The number of rotatable bonds is 2. The number of aromatic nitrogens is 1. The van der Waals surface area contributed by atoms with Gasteiger partial charge in [-0.25, -0.2) is 0 Å². The first-order chi connectivity index (χ1) is 10.3. The van der Waals surface area contributed by atoms with Crippen molar-refractivity contribution in [3.63, 3.8) is 0 Å². The summed E-state index contributed by atoms with van der Waals surface area (Å²) >= 11 is 1.83. The highest BCUT2D eigenvalue weighted by molar-refractivity contribution is 8.02. The number of fused-ring (bicyclic) bond motifs is 1. The van der Waals surface area contributed by atoms with Crippen LogP contribution in [0.15, 0.2) is 42.1 Å². The zero-order valence-electron chi connectivity index (χ0n) is 12.3. The van der Waals surface area contributed by atoms with Crippen LogP contribution in [-0.4, -0.2) is 48.7 Å². The topological polar surface area (TPSA) is 14.7 Å². The largest absolute Gasteiger partial charge is 0.369 e. The second kappa shape index (κ2) is 5.31. The highest BCUT2D eigenvalue weighted by Crippen LogP contribution is 2.26. The van der Waals surface area contributed by atoms with Crippen LogP contribution in [0.2, 0.25) is 0 Å². The molecule has 4 rings (SSSR count). The summed E-state index contributed by atoms with van der Waals surface area (Å²) in [6.07, 6.45) is 4.31. The Morgan fingerprint density at radius 1 is 1.05 bits per heavy atom. The molecular weight excluding hydrogens is 280 g/mol. The molecule has 0 amide bonds. The van der Waals surface area contributed by atoms with Crippen LogP contribution in [0.3, 0.4) is 0 Å². The second-order valence-corrected chi connectivity index (χ2v) is 6.58. The van der Waals surface area contributed by atoms with Gasteiger partial charge in [-0.1, -0.05) is 6.07 Å². The predicted octanol–water partition coefficient (Wildman–Crippen LogP) is 2.51. The molecule has 0 atom stereocenters. The minimum absolute atomic E-state index is 0.989. The number of hydrogen-bond donors (Lipinski definition) is 0. The van der Waals surface area contributed by atoms with Crippen molar-refractivity contribution in [2.45, 2.75) is 0 Å². The average Bonchev–Trinajstić information content (AvgIpc) is 3.16. The van der Waals surface area contributed by atoms with Crippen LogP contribution in [0.4, 0.5) is 5.69 Å². The first-order valence-corrected chi connectivity index (χ1v) is 8.46. The van der Waals surface area contributed by atoms with Crippen molar-refractivity contribution in [2.75, 3.05) is 49.0 Å². The number of benzene rings is 1. The SMILES string of the molecule is CN1CCN(c2ccc3ccn(N4C=CSC4)c3c2)CC1. The molecule has 5 heteroatoms. The van der Waals surface area contributed by atoms with E-state index in [2.05, 4.69) is 68.6 Å². The Morgan fingerprint density at radius 3 is 2.67 bits per heavy atom. The summed E-state index contributed by atoms with van der Waals surface area (Å²) in [6.45, 7) is 4.51. The molecule has 21 heavy (non-hydrogen) atoms. The van der Waals surface area contributed by atoms with Crippen molar-refractivity contribution in [3.8, 4) is 0 Å². The Labute approximate surface area is 129 Å². The molecule has 1 fully saturated rings. The molecule has 0 saturated carbocycles. The van der Waals surface area contributed by atoms with Gasteiger partial charge in [0.1, 0.15) is 0 Å². The number of anilines is 1. The lowest BCUT2D eigenvalue weighted by atomic mass is 10.2. The Kier molecular flexibility index (Phi) is 3.31. The van der Waals surface area contributed by atoms with Gasteiger partial charge in [-0.05, 0) is 30.7 Å². The van der Waals surface area contributed by atoms with Crippen LogP contribution in [-0.2, 0) is 0 Å². The van der Waals surface area contributed by atoms with Crippen LogP contribution >= 0.6 is 11.8 Å². The number of likely N-dealkylation sites (N-methyl/N-ethyl adjacent to an activating group) is 1. The summed E-state index contributed by atoms with van der Waals surface area (Å²) in [4.78, 5) is 4.88.